The highest BCUT2D eigenvalue weighted by molar-refractivity contribution is 8.18. The highest BCUT2D eigenvalue weighted by Crippen LogP contribution is 2.32. The van der Waals surface area contributed by atoms with Crippen molar-refractivity contribution in [3.05, 3.63) is 99.4 Å². The normalized spacial score (nSPS) is 14.5. The number of amides is 3. The van der Waals surface area contributed by atoms with Crippen LogP contribution in [-0.2, 0) is 16.2 Å². The van der Waals surface area contributed by atoms with Crippen LogP contribution in [0, 0.1) is 6.92 Å². The highest BCUT2D eigenvalue weighted by Gasteiger charge is 2.36. The predicted octanol–water partition coefficient (Wildman–Crippen LogP) is 5.90. The number of halogens is 1. The number of ether oxygens (including phenoxy) is 1. The van der Waals surface area contributed by atoms with Crippen molar-refractivity contribution in [2.45, 2.75) is 13.5 Å². The molecule has 1 saturated heterocycles. The van der Waals surface area contributed by atoms with Gasteiger partial charge in [-0.3, -0.25) is 19.3 Å². The number of aryl methyl sites for hydroxylation is 1. The predicted molar refractivity (Wildman–Crippen MR) is 135 cm³/mol. The molecule has 0 radical (unpaired) electrons. The summed E-state index contributed by atoms with van der Waals surface area (Å²) in [6, 6.07) is 22.1. The van der Waals surface area contributed by atoms with Crippen LogP contribution in [0.2, 0.25) is 5.02 Å². The zero-order valence-corrected chi connectivity index (χ0v) is 19.9. The van der Waals surface area contributed by atoms with Crippen LogP contribution >= 0.6 is 23.4 Å². The largest absolute Gasteiger partial charge is 0.489 e. The van der Waals surface area contributed by atoms with Crippen molar-refractivity contribution in [2.24, 2.45) is 0 Å². The summed E-state index contributed by atoms with van der Waals surface area (Å²) in [4.78, 5) is 38.6. The third kappa shape index (κ3) is 5.87. The molecule has 4 rings (SSSR count). The van der Waals surface area contributed by atoms with E-state index in [2.05, 4.69) is 11.4 Å². The molecule has 0 saturated carbocycles. The number of imide groups is 1. The zero-order chi connectivity index (χ0) is 24.1. The lowest BCUT2D eigenvalue weighted by Crippen LogP contribution is -2.36. The summed E-state index contributed by atoms with van der Waals surface area (Å²) in [5.74, 6) is -0.321. The molecule has 6 nitrogen and oxygen atoms in total. The molecule has 172 valence electrons. The van der Waals surface area contributed by atoms with Gasteiger partial charge < -0.3 is 10.1 Å². The second kappa shape index (κ2) is 10.6. The quantitative estimate of drug-likeness (QED) is 0.415. The molecule has 1 aliphatic heterocycles. The number of nitrogens with zero attached hydrogens (tertiary/aromatic N) is 1. The summed E-state index contributed by atoms with van der Waals surface area (Å²) in [6.07, 6.45) is 1.63. The fourth-order valence-corrected chi connectivity index (χ4v) is 4.33. The minimum atomic E-state index is -0.510. The first kappa shape index (κ1) is 23.6. The maximum absolute atomic E-state index is 12.7. The molecule has 3 aromatic rings. The Balaban J connectivity index is 1.36. The van der Waals surface area contributed by atoms with Crippen LogP contribution in [0.4, 0.5) is 10.5 Å². The number of hydrogen-bond donors (Lipinski definition) is 1. The Hall–Kier alpha value is -3.55. The Morgan fingerprint density at radius 3 is 2.56 bits per heavy atom. The molecule has 3 amide bonds. The minimum Gasteiger partial charge on any atom is -0.489 e. The van der Waals surface area contributed by atoms with Gasteiger partial charge in [0.05, 0.1) is 15.6 Å². The van der Waals surface area contributed by atoms with Crippen LogP contribution in [0.5, 0.6) is 5.75 Å². The van der Waals surface area contributed by atoms with Crippen molar-refractivity contribution in [1.82, 2.24) is 4.90 Å². The summed E-state index contributed by atoms with van der Waals surface area (Å²) < 4.78 is 5.82. The van der Waals surface area contributed by atoms with Crippen LogP contribution in [0.15, 0.2) is 77.7 Å². The number of nitrogens with one attached hydrogen (secondary N) is 1. The highest BCUT2D eigenvalue weighted by atomic mass is 35.5. The van der Waals surface area contributed by atoms with Gasteiger partial charge in [-0.05, 0) is 60.2 Å². The summed E-state index contributed by atoms with van der Waals surface area (Å²) >= 11 is 6.84. The summed E-state index contributed by atoms with van der Waals surface area (Å²) in [7, 11) is 0. The van der Waals surface area contributed by atoms with Crippen molar-refractivity contribution < 1.29 is 19.1 Å². The van der Waals surface area contributed by atoms with Crippen molar-refractivity contribution in [3.63, 3.8) is 0 Å². The van der Waals surface area contributed by atoms with Crippen LogP contribution < -0.4 is 10.1 Å². The lowest BCUT2D eigenvalue weighted by Gasteiger charge is -2.13. The van der Waals surface area contributed by atoms with Gasteiger partial charge in [0.25, 0.3) is 11.1 Å². The van der Waals surface area contributed by atoms with Crippen molar-refractivity contribution in [2.75, 3.05) is 11.9 Å². The summed E-state index contributed by atoms with van der Waals surface area (Å²) in [5, 5.41) is 2.49. The monoisotopic (exact) mass is 492 g/mol. The number of carbonyl (C=O) groups excluding carboxylic acids is 3. The van der Waals surface area contributed by atoms with E-state index < -0.39 is 17.1 Å². The molecule has 34 heavy (non-hydrogen) atoms. The molecule has 0 bridgehead atoms. The van der Waals surface area contributed by atoms with Crippen LogP contribution in [0.3, 0.4) is 0 Å². The molecule has 1 N–H and O–H groups in total. The van der Waals surface area contributed by atoms with Crippen molar-refractivity contribution in [3.8, 4) is 5.75 Å². The molecule has 0 unspecified atom stereocenters. The fourth-order valence-electron chi connectivity index (χ4n) is 3.31. The van der Waals surface area contributed by atoms with E-state index in [4.69, 9.17) is 16.3 Å². The Morgan fingerprint density at radius 2 is 1.82 bits per heavy atom. The van der Waals surface area contributed by atoms with Gasteiger partial charge in [-0.25, -0.2) is 0 Å². The van der Waals surface area contributed by atoms with Crippen molar-refractivity contribution in [1.29, 1.82) is 0 Å². The average molecular weight is 493 g/mol. The third-order valence-electron chi connectivity index (χ3n) is 4.99. The minimum absolute atomic E-state index is 0.254. The Labute approximate surface area is 206 Å². The molecule has 1 heterocycles. The van der Waals surface area contributed by atoms with E-state index in [0.29, 0.717) is 23.1 Å². The number of thioether (sulfide) groups is 1. The Morgan fingerprint density at radius 1 is 1.06 bits per heavy atom. The van der Waals surface area contributed by atoms with E-state index in [1.807, 2.05) is 49.4 Å². The fraction of sp³-hybridized carbons (Fsp3) is 0.115. The first-order valence-electron chi connectivity index (χ1n) is 10.5. The molecule has 8 heteroatoms. The number of para-hydroxylation sites is 1. The van der Waals surface area contributed by atoms with Gasteiger partial charge >= 0.3 is 0 Å². The van der Waals surface area contributed by atoms with Gasteiger partial charge in [0.2, 0.25) is 5.91 Å². The van der Waals surface area contributed by atoms with E-state index in [0.717, 1.165) is 27.8 Å². The number of carbonyl (C=O) groups is 3. The van der Waals surface area contributed by atoms with Gasteiger partial charge in [0.15, 0.2) is 0 Å². The lowest BCUT2D eigenvalue weighted by atomic mass is 10.1. The molecular formula is C26H21ClN2O4S. The van der Waals surface area contributed by atoms with E-state index in [1.54, 1.807) is 30.3 Å². The second-order valence-corrected chi connectivity index (χ2v) is 9.04. The first-order chi connectivity index (χ1) is 16.4. The topological polar surface area (TPSA) is 75.7 Å². The third-order valence-corrected chi connectivity index (χ3v) is 6.23. The molecule has 1 aliphatic rings. The molecule has 0 aromatic heterocycles. The SMILES string of the molecule is Cc1cccc(COc2ccc(/C=C3/SC(=O)N(CC(=O)Nc4ccccc4Cl)C3=O)cc2)c1. The molecule has 0 spiro atoms. The Kier molecular flexibility index (Phi) is 7.35. The standard InChI is InChI=1S/C26H21ClN2O4S/c1-17-5-4-6-19(13-17)16-33-20-11-9-18(10-12-20)14-23-25(31)29(26(32)34-23)15-24(30)28-22-8-3-2-7-21(22)27/h2-14H,15-16H2,1H3,(H,28,30)/b23-14+. The second-order valence-electron chi connectivity index (χ2n) is 7.64. The molecular weight excluding hydrogens is 472 g/mol. The molecule has 0 aliphatic carbocycles. The summed E-state index contributed by atoms with van der Waals surface area (Å²) in [6.45, 7) is 2.10. The van der Waals surface area contributed by atoms with Gasteiger partial charge in [-0.2, -0.15) is 0 Å². The maximum Gasteiger partial charge on any atom is 0.294 e. The van der Waals surface area contributed by atoms with Crippen LogP contribution in [0.25, 0.3) is 6.08 Å². The van der Waals surface area contributed by atoms with Crippen LogP contribution in [0.1, 0.15) is 16.7 Å². The molecule has 3 aromatic carbocycles. The van der Waals surface area contributed by atoms with E-state index in [9.17, 15) is 14.4 Å². The number of benzene rings is 3. The lowest BCUT2D eigenvalue weighted by molar-refractivity contribution is -0.127. The zero-order valence-electron chi connectivity index (χ0n) is 18.3. The van der Waals surface area contributed by atoms with Gasteiger partial charge in [-0.1, -0.05) is 65.7 Å². The first-order valence-corrected chi connectivity index (χ1v) is 11.7. The van der Waals surface area contributed by atoms with Gasteiger partial charge in [0, 0.05) is 0 Å². The number of rotatable bonds is 7. The Bertz CT molecular complexity index is 1270. The smallest absolute Gasteiger partial charge is 0.294 e. The maximum atomic E-state index is 12.7. The average Bonchev–Trinajstić information content (AvgIpc) is 3.07. The van der Waals surface area contributed by atoms with Crippen molar-refractivity contribution >= 4 is 52.2 Å². The number of hydrogen-bond acceptors (Lipinski definition) is 5. The molecule has 1 fully saturated rings. The van der Waals surface area contributed by atoms with E-state index >= 15 is 0 Å². The van der Waals surface area contributed by atoms with E-state index in [1.165, 1.54) is 5.56 Å². The number of anilines is 1. The molecule has 0 atom stereocenters. The van der Waals surface area contributed by atoms with Gasteiger partial charge in [0.1, 0.15) is 18.9 Å². The van der Waals surface area contributed by atoms with Crippen LogP contribution in [-0.4, -0.2) is 28.5 Å². The summed E-state index contributed by atoms with van der Waals surface area (Å²) in [5.41, 5.74) is 3.42. The van der Waals surface area contributed by atoms with Gasteiger partial charge in [-0.15, -0.1) is 0 Å². The van der Waals surface area contributed by atoms with E-state index in [-0.39, 0.29) is 11.4 Å².